The Morgan fingerprint density at radius 1 is 1.08 bits per heavy atom. The molecule has 0 aromatic carbocycles. The molecule has 3 aromatic rings. The van der Waals surface area contributed by atoms with Crippen LogP contribution < -0.4 is 9.80 Å². The molecule has 8 nitrogen and oxygen atoms in total. The van der Waals surface area contributed by atoms with Crippen molar-refractivity contribution in [1.29, 1.82) is 0 Å². The molecule has 36 heavy (non-hydrogen) atoms. The van der Waals surface area contributed by atoms with Crippen molar-refractivity contribution < 1.29 is 26.7 Å². The minimum atomic E-state index is -4.52. The Labute approximate surface area is 202 Å². The number of halogens is 5. The number of hydrogen-bond acceptors (Lipinski definition) is 6. The summed E-state index contributed by atoms with van der Waals surface area (Å²) in [6.45, 7) is 0.945. The first kappa shape index (κ1) is 23.0. The van der Waals surface area contributed by atoms with Crippen molar-refractivity contribution in [1.82, 2.24) is 24.7 Å². The zero-order chi connectivity index (χ0) is 25.2. The summed E-state index contributed by atoms with van der Waals surface area (Å²) in [5.41, 5.74) is -0.461. The monoisotopic (exact) mass is 507 g/mol. The Morgan fingerprint density at radius 3 is 2.53 bits per heavy atom. The second-order valence-corrected chi connectivity index (χ2v) is 9.82. The van der Waals surface area contributed by atoms with E-state index < -0.39 is 24.7 Å². The average Bonchev–Trinajstić information content (AvgIpc) is 3.42. The molecule has 2 atom stereocenters. The summed E-state index contributed by atoms with van der Waals surface area (Å²) in [5, 5.41) is 3.96. The Morgan fingerprint density at radius 2 is 1.83 bits per heavy atom. The van der Waals surface area contributed by atoms with Crippen LogP contribution in [-0.4, -0.2) is 56.7 Å². The summed E-state index contributed by atoms with van der Waals surface area (Å²) in [6, 6.07) is 1.83. The SMILES string of the molecule is O=C1CC2(CN1c1cc(C(F)(F)F)ccn1)C1CCC2CN(c2cnc3cnn(CC(F)F)c3n2)C1. The van der Waals surface area contributed by atoms with Crippen LogP contribution in [0.2, 0.25) is 0 Å². The molecule has 3 aromatic heterocycles. The normalized spacial score (nSPS) is 26.2. The summed E-state index contributed by atoms with van der Waals surface area (Å²) in [6.07, 6.45) is -0.958. The molecular weight excluding hydrogens is 485 g/mol. The lowest BCUT2D eigenvalue weighted by Gasteiger charge is -2.45. The van der Waals surface area contributed by atoms with Crippen LogP contribution in [0.3, 0.4) is 0 Å². The summed E-state index contributed by atoms with van der Waals surface area (Å²) >= 11 is 0. The van der Waals surface area contributed by atoms with Gasteiger partial charge in [-0.05, 0) is 36.8 Å². The lowest BCUT2D eigenvalue weighted by atomic mass is 9.68. The predicted octanol–water partition coefficient (Wildman–Crippen LogP) is 3.77. The summed E-state index contributed by atoms with van der Waals surface area (Å²) in [7, 11) is 0. The maximum atomic E-state index is 13.2. The highest BCUT2D eigenvalue weighted by molar-refractivity contribution is 5.95. The van der Waals surface area contributed by atoms with E-state index in [1.807, 2.05) is 0 Å². The van der Waals surface area contributed by atoms with Gasteiger partial charge in [-0.1, -0.05) is 0 Å². The van der Waals surface area contributed by atoms with E-state index in [4.69, 9.17) is 0 Å². The molecule has 2 saturated heterocycles. The summed E-state index contributed by atoms with van der Waals surface area (Å²) < 4.78 is 66.6. The van der Waals surface area contributed by atoms with Crippen molar-refractivity contribution in [3.05, 3.63) is 36.3 Å². The molecule has 5 heterocycles. The molecule has 1 amide bonds. The lowest BCUT2D eigenvalue weighted by molar-refractivity contribution is -0.137. The third kappa shape index (κ3) is 3.66. The second kappa shape index (κ2) is 8.07. The third-order valence-electron chi connectivity index (χ3n) is 7.92. The number of rotatable bonds is 4. The zero-order valence-corrected chi connectivity index (χ0v) is 19.0. The Bertz CT molecular complexity index is 1310. The molecule has 1 spiro atoms. The minimum Gasteiger partial charge on any atom is -0.355 e. The molecule has 2 bridgehead atoms. The lowest BCUT2D eigenvalue weighted by Crippen LogP contribution is -2.51. The fraction of sp³-hybridized carbons (Fsp3) is 0.522. The van der Waals surface area contributed by atoms with Crippen LogP contribution in [0.5, 0.6) is 0 Å². The smallest absolute Gasteiger partial charge is 0.355 e. The van der Waals surface area contributed by atoms with Crippen LogP contribution in [0.1, 0.15) is 24.8 Å². The van der Waals surface area contributed by atoms with Crippen LogP contribution in [0, 0.1) is 17.3 Å². The first-order valence-corrected chi connectivity index (χ1v) is 11.7. The highest BCUT2D eigenvalue weighted by atomic mass is 19.4. The number of amides is 1. The van der Waals surface area contributed by atoms with Crippen molar-refractivity contribution in [2.45, 2.75) is 38.4 Å². The number of hydrogen-bond donors (Lipinski definition) is 0. The first-order chi connectivity index (χ1) is 17.1. The number of pyridine rings is 1. The van der Waals surface area contributed by atoms with Crippen LogP contribution >= 0.6 is 0 Å². The van der Waals surface area contributed by atoms with Gasteiger partial charge >= 0.3 is 6.18 Å². The van der Waals surface area contributed by atoms with E-state index >= 15 is 0 Å². The molecule has 0 radical (unpaired) electrons. The van der Waals surface area contributed by atoms with Gasteiger partial charge in [-0.15, -0.1) is 0 Å². The van der Waals surface area contributed by atoms with Crippen molar-refractivity contribution in [2.75, 3.05) is 29.4 Å². The molecule has 1 saturated carbocycles. The van der Waals surface area contributed by atoms with Crippen molar-refractivity contribution >= 4 is 28.7 Å². The molecule has 6 rings (SSSR count). The number of nitrogens with zero attached hydrogens (tertiary/aromatic N) is 7. The van der Waals surface area contributed by atoms with Crippen LogP contribution in [0.15, 0.2) is 30.7 Å². The van der Waals surface area contributed by atoms with Crippen molar-refractivity contribution in [3.63, 3.8) is 0 Å². The van der Waals surface area contributed by atoms with Gasteiger partial charge in [0, 0.05) is 37.7 Å². The van der Waals surface area contributed by atoms with E-state index in [2.05, 4.69) is 25.0 Å². The van der Waals surface area contributed by atoms with E-state index in [-0.39, 0.29) is 35.4 Å². The van der Waals surface area contributed by atoms with E-state index in [1.54, 1.807) is 6.20 Å². The number of carbonyl (C=O) groups is 1. The van der Waals surface area contributed by atoms with Crippen molar-refractivity contribution in [3.8, 4) is 0 Å². The van der Waals surface area contributed by atoms with Gasteiger partial charge in [0.25, 0.3) is 6.43 Å². The van der Waals surface area contributed by atoms with Gasteiger partial charge in [-0.2, -0.15) is 18.3 Å². The van der Waals surface area contributed by atoms with Gasteiger partial charge in [-0.3, -0.25) is 9.69 Å². The number of aromatic nitrogens is 5. The van der Waals surface area contributed by atoms with Gasteiger partial charge in [0.1, 0.15) is 23.7 Å². The van der Waals surface area contributed by atoms with E-state index in [0.717, 1.165) is 35.9 Å². The van der Waals surface area contributed by atoms with Crippen LogP contribution in [0.4, 0.5) is 33.6 Å². The number of piperidine rings is 1. The molecule has 0 N–H and O–H groups in total. The molecule has 190 valence electrons. The number of fused-ring (bicyclic) bond motifs is 1. The Hall–Kier alpha value is -3.38. The zero-order valence-electron chi connectivity index (χ0n) is 19.0. The van der Waals surface area contributed by atoms with Gasteiger partial charge < -0.3 is 4.90 Å². The predicted molar refractivity (Wildman–Crippen MR) is 118 cm³/mol. The Kier molecular flexibility index (Phi) is 5.16. The number of alkyl halides is 5. The molecule has 3 aliphatic rings. The highest BCUT2D eigenvalue weighted by Crippen LogP contribution is 2.57. The quantitative estimate of drug-likeness (QED) is 0.501. The molecule has 2 unspecified atom stereocenters. The summed E-state index contributed by atoms with van der Waals surface area (Å²) in [4.78, 5) is 29.5. The summed E-state index contributed by atoms with van der Waals surface area (Å²) in [5.74, 6) is 0.617. The fourth-order valence-corrected chi connectivity index (χ4v) is 6.22. The van der Waals surface area contributed by atoms with Crippen LogP contribution in [-0.2, 0) is 17.5 Å². The van der Waals surface area contributed by atoms with E-state index in [1.165, 1.54) is 11.1 Å². The molecule has 1 aliphatic carbocycles. The molecular formula is C23H22F5N7O. The molecule has 13 heteroatoms. The minimum absolute atomic E-state index is 0.0251. The van der Waals surface area contributed by atoms with Crippen LogP contribution in [0.25, 0.3) is 11.2 Å². The van der Waals surface area contributed by atoms with E-state index in [0.29, 0.717) is 36.6 Å². The Balaban J connectivity index is 1.25. The topological polar surface area (TPSA) is 80.0 Å². The fourth-order valence-electron chi connectivity index (χ4n) is 6.22. The number of anilines is 2. The number of carbonyl (C=O) groups excluding carboxylic acids is 1. The maximum absolute atomic E-state index is 13.2. The van der Waals surface area contributed by atoms with Crippen molar-refractivity contribution in [2.24, 2.45) is 17.3 Å². The second-order valence-electron chi connectivity index (χ2n) is 9.82. The largest absolute Gasteiger partial charge is 0.416 e. The van der Waals surface area contributed by atoms with Gasteiger partial charge in [0.05, 0.1) is 18.0 Å². The van der Waals surface area contributed by atoms with Gasteiger partial charge in [0.2, 0.25) is 5.91 Å². The average molecular weight is 507 g/mol. The first-order valence-electron chi connectivity index (χ1n) is 11.7. The van der Waals surface area contributed by atoms with E-state index in [9.17, 15) is 26.7 Å². The van der Waals surface area contributed by atoms with Gasteiger partial charge in [0.15, 0.2) is 5.65 Å². The third-order valence-corrected chi connectivity index (χ3v) is 7.92. The molecule has 2 aliphatic heterocycles. The highest BCUT2D eigenvalue weighted by Gasteiger charge is 2.59. The maximum Gasteiger partial charge on any atom is 0.416 e. The molecule has 3 fully saturated rings. The standard InChI is InChI=1S/C23H22F5N7O/c24-17(25)11-35-21-16(7-31-35)30-8-19(32-21)33-9-14-1-2-15(10-33)22(14)6-20(36)34(12-22)18-5-13(3-4-29-18)23(26,27)28/h3-5,7-8,14-15,17H,1-2,6,9-12H2. The van der Waals surface area contributed by atoms with Gasteiger partial charge in [-0.25, -0.2) is 28.4 Å².